The van der Waals surface area contributed by atoms with Crippen molar-refractivity contribution in [2.75, 3.05) is 25.6 Å². The normalized spacial score (nSPS) is 10.6. The first-order valence-corrected chi connectivity index (χ1v) is 6.53. The van der Waals surface area contributed by atoms with Crippen LogP contribution < -0.4 is 5.32 Å². The molecule has 5 nitrogen and oxygen atoms in total. The van der Waals surface area contributed by atoms with Crippen LogP contribution in [0.25, 0.3) is 0 Å². The molecule has 0 amide bonds. The standard InChI is InChI=1S/C14H20N4O/c1-19-11-3-7-16-14-17-8-10-18(14)9-5-13-4-2-6-15-12-13/h2,4,6,8,10,12H,3,5,7,9,11H2,1H3,(H,16,17). The Bertz CT molecular complexity index is 469. The van der Waals surface area contributed by atoms with Crippen molar-refractivity contribution in [3.8, 4) is 0 Å². The number of rotatable bonds is 8. The highest BCUT2D eigenvalue weighted by molar-refractivity contribution is 5.25. The number of methoxy groups -OCH3 is 1. The van der Waals surface area contributed by atoms with Crippen molar-refractivity contribution < 1.29 is 4.74 Å². The Labute approximate surface area is 113 Å². The van der Waals surface area contributed by atoms with Crippen LogP contribution in [0.4, 0.5) is 5.95 Å². The zero-order valence-corrected chi connectivity index (χ0v) is 11.2. The number of hydrogen-bond acceptors (Lipinski definition) is 4. The van der Waals surface area contributed by atoms with Gasteiger partial charge in [-0.15, -0.1) is 0 Å². The zero-order valence-electron chi connectivity index (χ0n) is 11.2. The highest BCUT2D eigenvalue weighted by atomic mass is 16.5. The van der Waals surface area contributed by atoms with Gasteiger partial charge in [-0.25, -0.2) is 4.98 Å². The van der Waals surface area contributed by atoms with E-state index in [2.05, 4.69) is 25.9 Å². The predicted octanol–water partition coefficient (Wildman–Crippen LogP) is 1.97. The molecule has 0 aliphatic heterocycles. The molecule has 2 aromatic heterocycles. The first-order valence-electron chi connectivity index (χ1n) is 6.53. The van der Waals surface area contributed by atoms with Crippen LogP contribution in [-0.2, 0) is 17.7 Å². The van der Waals surface area contributed by atoms with Crippen LogP contribution in [0.15, 0.2) is 36.9 Å². The molecule has 0 saturated carbocycles. The van der Waals surface area contributed by atoms with Crippen molar-refractivity contribution in [1.29, 1.82) is 0 Å². The van der Waals surface area contributed by atoms with E-state index in [4.69, 9.17) is 4.74 Å². The summed E-state index contributed by atoms with van der Waals surface area (Å²) >= 11 is 0. The maximum atomic E-state index is 5.02. The van der Waals surface area contributed by atoms with E-state index in [-0.39, 0.29) is 0 Å². The fourth-order valence-electron chi connectivity index (χ4n) is 1.87. The van der Waals surface area contributed by atoms with Crippen molar-refractivity contribution >= 4 is 5.95 Å². The van der Waals surface area contributed by atoms with Crippen LogP contribution in [0.2, 0.25) is 0 Å². The van der Waals surface area contributed by atoms with Crippen LogP contribution in [0.3, 0.4) is 0 Å². The molecule has 0 radical (unpaired) electrons. The van der Waals surface area contributed by atoms with Gasteiger partial charge < -0.3 is 14.6 Å². The summed E-state index contributed by atoms with van der Waals surface area (Å²) in [6, 6.07) is 4.06. The molecule has 0 bridgehead atoms. The molecule has 0 saturated heterocycles. The average molecular weight is 260 g/mol. The number of pyridine rings is 1. The SMILES string of the molecule is COCCCNc1nccn1CCc1cccnc1. The molecule has 0 fully saturated rings. The van der Waals surface area contributed by atoms with Gasteiger partial charge in [0.2, 0.25) is 5.95 Å². The summed E-state index contributed by atoms with van der Waals surface area (Å²) in [5, 5.41) is 3.32. The average Bonchev–Trinajstić information content (AvgIpc) is 2.90. The lowest BCUT2D eigenvalue weighted by Crippen LogP contribution is -2.11. The fourth-order valence-corrected chi connectivity index (χ4v) is 1.87. The first-order chi connectivity index (χ1) is 9.40. The quantitative estimate of drug-likeness (QED) is 0.737. The lowest BCUT2D eigenvalue weighted by Gasteiger charge is -2.09. The number of nitrogens with zero attached hydrogens (tertiary/aromatic N) is 3. The Kier molecular flexibility index (Phi) is 5.37. The number of imidazole rings is 1. The first kappa shape index (κ1) is 13.5. The molecule has 0 aliphatic rings. The van der Waals surface area contributed by atoms with E-state index < -0.39 is 0 Å². The van der Waals surface area contributed by atoms with Crippen molar-refractivity contribution in [3.05, 3.63) is 42.5 Å². The molecule has 0 spiro atoms. The lowest BCUT2D eigenvalue weighted by molar-refractivity contribution is 0.197. The molecular weight excluding hydrogens is 240 g/mol. The number of anilines is 1. The van der Waals surface area contributed by atoms with E-state index in [1.807, 2.05) is 24.7 Å². The highest BCUT2D eigenvalue weighted by Gasteiger charge is 2.02. The molecule has 0 unspecified atom stereocenters. The van der Waals surface area contributed by atoms with E-state index in [1.54, 1.807) is 13.3 Å². The molecule has 0 aliphatic carbocycles. The molecule has 1 N–H and O–H groups in total. The van der Waals surface area contributed by atoms with E-state index in [0.717, 1.165) is 38.5 Å². The molecule has 2 rings (SSSR count). The third kappa shape index (κ3) is 4.37. The van der Waals surface area contributed by atoms with Gasteiger partial charge in [-0.1, -0.05) is 6.07 Å². The second kappa shape index (κ2) is 7.53. The summed E-state index contributed by atoms with van der Waals surface area (Å²) in [7, 11) is 1.72. The number of ether oxygens (including phenoxy) is 1. The minimum absolute atomic E-state index is 0.767. The largest absolute Gasteiger partial charge is 0.385 e. The van der Waals surface area contributed by atoms with E-state index in [1.165, 1.54) is 5.56 Å². The summed E-state index contributed by atoms with van der Waals surface area (Å²) in [4.78, 5) is 8.44. The third-order valence-electron chi connectivity index (χ3n) is 2.89. The van der Waals surface area contributed by atoms with Gasteiger partial charge in [-0.05, 0) is 24.5 Å². The summed E-state index contributed by atoms with van der Waals surface area (Å²) < 4.78 is 7.15. The summed E-state index contributed by atoms with van der Waals surface area (Å²) in [6.07, 6.45) is 9.45. The number of nitrogens with one attached hydrogen (secondary N) is 1. The van der Waals surface area contributed by atoms with Crippen molar-refractivity contribution in [3.63, 3.8) is 0 Å². The van der Waals surface area contributed by atoms with Crippen LogP contribution >= 0.6 is 0 Å². The Balaban J connectivity index is 1.82. The second-order valence-corrected chi connectivity index (χ2v) is 4.33. The van der Waals surface area contributed by atoms with E-state index >= 15 is 0 Å². The summed E-state index contributed by atoms with van der Waals surface area (Å²) in [5.74, 6) is 0.917. The zero-order chi connectivity index (χ0) is 13.3. The number of aryl methyl sites for hydroxylation is 2. The van der Waals surface area contributed by atoms with Crippen molar-refractivity contribution in [2.24, 2.45) is 0 Å². The third-order valence-corrected chi connectivity index (χ3v) is 2.89. The molecule has 102 valence electrons. The monoisotopic (exact) mass is 260 g/mol. The molecule has 19 heavy (non-hydrogen) atoms. The van der Waals surface area contributed by atoms with Gasteiger partial charge >= 0.3 is 0 Å². The summed E-state index contributed by atoms with van der Waals surface area (Å²) in [5.41, 5.74) is 1.24. The molecule has 0 aromatic carbocycles. The molecule has 5 heteroatoms. The Morgan fingerprint density at radius 3 is 3.11 bits per heavy atom. The van der Waals surface area contributed by atoms with Crippen molar-refractivity contribution in [2.45, 2.75) is 19.4 Å². The molecule has 0 atom stereocenters. The Morgan fingerprint density at radius 1 is 1.37 bits per heavy atom. The molecule has 2 aromatic rings. The second-order valence-electron chi connectivity index (χ2n) is 4.33. The van der Waals surface area contributed by atoms with E-state index in [0.29, 0.717) is 0 Å². The minimum atomic E-state index is 0.767. The van der Waals surface area contributed by atoms with Gasteiger partial charge in [0.15, 0.2) is 0 Å². The van der Waals surface area contributed by atoms with Crippen LogP contribution in [0, 0.1) is 0 Å². The smallest absolute Gasteiger partial charge is 0.202 e. The molecule has 2 heterocycles. The van der Waals surface area contributed by atoms with Crippen LogP contribution in [-0.4, -0.2) is 34.8 Å². The Morgan fingerprint density at radius 2 is 2.32 bits per heavy atom. The van der Waals surface area contributed by atoms with Crippen LogP contribution in [0.5, 0.6) is 0 Å². The fraction of sp³-hybridized carbons (Fsp3) is 0.429. The van der Waals surface area contributed by atoms with E-state index in [9.17, 15) is 0 Å². The predicted molar refractivity (Wildman–Crippen MR) is 75.2 cm³/mol. The number of hydrogen-bond donors (Lipinski definition) is 1. The lowest BCUT2D eigenvalue weighted by atomic mass is 10.2. The van der Waals surface area contributed by atoms with Crippen molar-refractivity contribution in [1.82, 2.24) is 14.5 Å². The maximum absolute atomic E-state index is 5.02. The molecular formula is C14H20N4O. The minimum Gasteiger partial charge on any atom is -0.385 e. The Hall–Kier alpha value is -1.88. The summed E-state index contributed by atoms with van der Waals surface area (Å²) in [6.45, 7) is 2.54. The van der Waals surface area contributed by atoms with Gasteiger partial charge in [-0.3, -0.25) is 4.98 Å². The maximum Gasteiger partial charge on any atom is 0.202 e. The van der Waals surface area contributed by atoms with Gasteiger partial charge in [0.05, 0.1) is 0 Å². The highest BCUT2D eigenvalue weighted by Crippen LogP contribution is 2.07. The van der Waals surface area contributed by atoms with Gasteiger partial charge in [0.25, 0.3) is 0 Å². The topological polar surface area (TPSA) is 52.0 Å². The van der Waals surface area contributed by atoms with Gasteiger partial charge in [0, 0.05) is 51.6 Å². The van der Waals surface area contributed by atoms with Crippen LogP contribution in [0.1, 0.15) is 12.0 Å². The number of aromatic nitrogens is 3. The van der Waals surface area contributed by atoms with Gasteiger partial charge in [-0.2, -0.15) is 0 Å². The van der Waals surface area contributed by atoms with Gasteiger partial charge in [0.1, 0.15) is 0 Å².